The summed E-state index contributed by atoms with van der Waals surface area (Å²) in [5.74, 6) is 0.232. The molecule has 9 heteroatoms. The maximum atomic E-state index is 12.6. The molecule has 0 atom stereocenters. The van der Waals surface area contributed by atoms with Crippen molar-refractivity contribution in [2.24, 2.45) is 0 Å². The zero-order valence-corrected chi connectivity index (χ0v) is 23.4. The molecule has 3 rings (SSSR count). The SMILES string of the molecule is CC(C)(C)c1ccc(OCC(=O)NNC(=S)NC(=O)c2cccc(OCCc3ccccc3)c2)c(Br)c1. The standard InChI is InChI=1S/C28H30BrN3O4S/c1-28(2,3)21-12-13-24(23(29)17-21)36-18-25(33)31-32-27(37)30-26(34)20-10-7-11-22(16-20)35-15-14-19-8-5-4-6-9-19/h4-13,16-17H,14-15,18H2,1-3H3,(H,31,33)(H2,30,32,34,37). The molecule has 3 aromatic carbocycles. The third-order valence-corrected chi connectivity index (χ3v) is 6.12. The number of halogens is 1. The van der Waals surface area contributed by atoms with Crippen LogP contribution >= 0.6 is 28.1 Å². The average Bonchev–Trinajstić information content (AvgIpc) is 2.87. The number of ether oxygens (including phenoxy) is 2. The minimum absolute atomic E-state index is 0.000812. The molecule has 0 aliphatic carbocycles. The average molecular weight is 585 g/mol. The van der Waals surface area contributed by atoms with Crippen molar-refractivity contribution in [2.75, 3.05) is 13.2 Å². The van der Waals surface area contributed by atoms with Gasteiger partial charge in [-0.25, -0.2) is 0 Å². The Morgan fingerprint density at radius 2 is 1.68 bits per heavy atom. The van der Waals surface area contributed by atoms with Crippen LogP contribution in [-0.2, 0) is 16.6 Å². The molecule has 2 amide bonds. The largest absolute Gasteiger partial charge is 0.493 e. The maximum Gasteiger partial charge on any atom is 0.276 e. The van der Waals surface area contributed by atoms with Gasteiger partial charge in [0.15, 0.2) is 11.7 Å². The van der Waals surface area contributed by atoms with Crippen molar-refractivity contribution in [3.05, 3.63) is 94.0 Å². The highest BCUT2D eigenvalue weighted by Crippen LogP contribution is 2.31. The van der Waals surface area contributed by atoms with Crippen LogP contribution in [0, 0.1) is 0 Å². The van der Waals surface area contributed by atoms with Crippen molar-refractivity contribution >= 4 is 45.1 Å². The summed E-state index contributed by atoms with van der Waals surface area (Å²) in [6, 6.07) is 22.6. The van der Waals surface area contributed by atoms with Gasteiger partial charge in [-0.3, -0.25) is 25.8 Å². The summed E-state index contributed by atoms with van der Waals surface area (Å²) in [5, 5.41) is 2.48. The van der Waals surface area contributed by atoms with Gasteiger partial charge >= 0.3 is 0 Å². The van der Waals surface area contributed by atoms with Gasteiger partial charge in [0.25, 0.3) is 11.8 Å². The van der Waals surface area contributed by atoms with Gasteiger partial charge in [0.1, 0.15) is 11.5 Å². The number of hydrogen-bond acceptors (Lipinski definition) is 5. The summed E-state index contributed by atoms with van der Waals surface area (Å²) in [7, 11) is 0. The molecule has 3 N–H and O–H groups in total. The zero-order chi connectivity index (χ0) is 26.8. The Balaban J connectivity index is 1.41. The fourth-order valence-electron chi connectivity index (χ4n) is 3.26. The number of amides is 2. The van der Waals surface area contributed by atoms with Crippen molar-refractivity contribution in [3.8, 4) is 11.5 Å². The van der Waals surface area contributed by atoms with Crippen molar-refractivity contribution in [3.63, 3.8) is 0 Å². The number of thiocarbonyl (C=S) groups is 1. The first-order valence-electron chi connectivity index (χ1n) is 11.7. The van der Waals surface area contributed by atoms with Crippen LogP contribution in [0.3, 0.4) is 0 Å². The highest BCUT2D eigenvalue weighted by molar-refractivity contribution is 9.10. The molecule has 0 fully saturated rings. The van der Waals surface area contributed by atoms with Gasteiger partial charge in [-0.05, 0) is 75.0 Å². The monoisotopic (exact) mass is 583 g/mol. The highest BCUT2D eigenvalue weighted by Gasteiger charge is 2.16. The Morgan fingerprint density at radius 3 is 2.38 bits per heavy atom. The van der Waals surface area contributed by atoms with Crippen LogP contribution in [0.1, 0.15) is 42.3 Å². The summed E-state index contributed by atoms with van der Waals surface area (Å²) >= 11 is 8.60. The highest BCUT2D eigenvalue weighted by atomic mass is 79.9. The van der Waals surface area contributed by atoms with Crippen LogP contribution < -0.4 is 25.6 Å². The molecule has 0 unspecified atom stereocenters. The Bertz CT molecular complexity index is 1250. The number of rotatable bonds is 8. The molecular formula is C28H30BrN3O4S. The first-order valence-corrected chi connectivity index (χ1v) is 12.9. The molecule has 0 saturated heterocycles. The van der Waals surface area contributed by atoms with Crippen LogP contribution in [-0.4, -0.2) is 30.1 Å². The van der Waals surface area contributed by atoms with E-state index in [1.54, 1.807) is 24.3 Å². The number of benzene rings is 3. The second-order valence-electron chi connectivity index (χ2n) is 9.25. The number of hydrogen-bond donors (Lipinski definition) is 3. The first kappa shape index (κ1) is 28.1. The molecule has 0 saturated carbocycles. The lowest BCUT2D eigenvalue weighted by atomic mass is 9.87. The molecule has 0 aromatic heterocycles. The van der Waals surface area contributed by atoms with Crippen molar-refractivity contribution < 1.29 is 19.1 Å². The topological polar surface area (TPSA) is 88.7 Å². The molecule has 0 aliphatic heterocycles. The van der Waals surface area contributed by atoms with Crippen LogP contribution in [0.25, 0.3) is 0 Å². The zero-order valence-electron chi connectivity index (χ0n) is 21.0. The van der Waals surface area contributed by atoms with E-state index in [1.807, 2.05) is 48.5 Å². The quantitative estimate of drug-likeness (QED) is 0.253. The Kier molecular flexibility index (Phi) is 10.0. The van der Waals surface area contributed by atoms with Crippen LogP contribution in [0.2, 0.25) is 0 Å². The summed E-state index contributed by atoms with van der Waals surface area (Å²) in [5.41, 5.74) is 7.60. The smallest absolute Gasteiger partial charge is 0.276 e. The molecule has 0 radical (unpaired) electrons. The molecule has 194 valence electrons. The van der Waals surface area contributed by atoms with Crippen LogP contribution in [0.4, 0.5) is 0 Å². The summed E-state index contributed by atoms with van der Waals surface area (Å²) in [4.78, 5) is 24.7. The summed E-state index contributed by atoms with van der Waals surface area (Å²) in [6.07, 6.45) is 0.758. The molecule has 0 spiro atoms. The molecule has 0 aliphatic rings. The first-order chi connectivity index (χ1) is 17.6. The van der Waals surface area contributed by atoms with E-state index in [2.05, 4.69) is 52.9 Å². The van der Waals surface area contributed by atoms with E-state index in [1.165, 1.54) is 5.56 Å². The second kappa shape index (κ2) is 13.2. The van der Waals surface area contributed by atoms with Gasteiger partial charge in [0.2, 0.25) is 0 Å². The van der Waals surface area contributed by atoms with E-state index < -0.39 is 11.8 Å². The Morgan fingerprint density at radius 1 is 0.919 bits per heavy atom. The van der Waals surface area contributed by atoms with E-state index in [0.29, 0.717) is 23.7 Å². The Hall–Kier alpha value is -3.43. The molecule has 0 heterocycles. The van der Waals surface area contributed by atoms with Crippen molar-refractivity contribution in [1.82, 2.24) is 16.2 Å². The van der Waals surface area contributed by atoms with Crippen molar-refractivity contribution in [1.29, 1.82) is 0 Å². The third kappa shape index (κ3) is 9.18. The second-order valence-corrected chi connectivity index (χ2v) is 10.5. The van der Waals surface area contributed by atoms with E-state index in [9.17, 15) is 9.59 Å². The third-order valence-electron chi connectivity index (χ3n) is 5.30. The van der Waals surface area contributed by atoms with Gasteiger partial charge in [-0.15, -0.1) is 0 Å². The minimum Gasteiger partial charge on any atom is -0.493 e. The van der Waals surface area contributed by atoms with E-state index in [4.69, 9.17) is 21.7 Å². The van der Waals surface area contributed by atoms with Gasteiger partial charge in [0, 0.05) is 12.0 Å². The van der Waals surface area contributed by atoms with E-state index in [0.717, 1.165) is 16.5 Å². The van der Waals surface area contributed by atoms with Crippen molar-refractivity contribution in [2.45, 2.75) is 32.6 Å². The van der Waals surface area contributed by atoms with Crippen LogP contribution in [0.15, 0.2) is 77.3 Å². The minimum atomic E-state index is -0.461. The molecule has 7 nitrogen and oxygen atoms in total. The number of carbonyl (C=O) groups excluding carboxylic acids is 2. The molecule has 0 bridgehead atoms. The Labute approximate surface area is 231 Å². The van der Waals surface area contributed by atoms with Gasteiger partial charge in [-0.2, -0.15) is 0 Å². The van der Waals surface area contributed by atoms with Gasteiger partial charge in [-0.1, -0.05) is 63.2 Å². The lowest BCUT2D eigenvalue weighted by Crippen LogP contribution is -2.49. The number of hydrazine groups is 1. The van der Waals surface area contributed by atoms with Gasteiger partial charge < -0.3 is 9.47 Å². The number of nitrogens with one attached hydrogen (secondary N) is 3. The summed E-state index contributed by atoms with van der Waals surface area (Å²) < 4.78 is 12.1. The number of carbonyl (C=O) groups is 2. The fraction of sp³-hybridized carbons (Fsp3) is 0.250. The summed E-state index contributed by atoms with van der Waals surface area (Å²) in [6.45, 7) is 6.61. The maximum absolute atomic E-state index is 12.6. The predicted octanol–water partition coefficient (Wildman–Crippen LogP) is 5.08. The van der Waals surface area contributed by atoms with Gasteiger partial charge in [0.05, 0.1) is 11.1 Å². The normalized spacial score (nSPS) is 10.8. The molecular weight excluding hydrogens is 554 g/mol. The predicted molar refractivity (Wildman–Crippen MR) is 152 cm³/mol. The van der Waals surface area contributed by atoms with Crippen LogP contribution in [0.5, 0.6) is 11.5 Å². The molecule has 37 heavy (non-hydrogen) atoms. The molecule has 3 aromatic rings. The van der Waals surface area contributed by atoms with E-state index in [-0.39, 0.29) is 17.1 Å². The lowest BCUT2D eigenvalue weighted by Gasteiger charge is -2.20. The van der Waals surface area contributed by atoms with E-state index >= 15 is 0 Å². The fourth-order valence-corrected chi connectivity index (χ4v) is 3.89. The lowest BCUT2D eigenvalue weighted by molar-refractivity contribution is -0.123.